The van der Waals surface area contributed by atoms with Crippen molar-refractivity contribution in [3.8, 4) is 11.5 Å². The van der Waals surface area contributed by atoms with Gasteiger partial charge < -0.3 is 14.8 Å². The quantitative estimate of drug-likeness (QED) is 0.803. The van der Waals surface area contributed by atoms with Crippen molar-refractivity contribution in [3.63, 3.8) is 0 Å². The maximum absolute atomic E-state index is 5.36. The minimum Gasteiger partial charge on any atom is -0.493 e. The molecule has 0 spiro atoms. The summed E-state index contributed by atoms with van der Waals surface area (Å²) in [7, 11) is 5.28. The van der Waals surface area contributed by atoms with Gasteiger partial charge >= 0.3 is 0 Å². The average molecular weight is 209 g/mol. The number of methoxy groups -OCH3 is 2. The molecule has 0 amide bonds. The highest BCUT2D eigenvalue weighted by Gasteiger charge is 2.11. The van der Waals surface area contributed by atoms with E-state index in [9.17, 15) is 0 Å². The molecule has 0 fully saturated rings. The third kappa shape index (κ3) is 2.86. The fraction of sp³-hybridized carbons (Fsp3) is 0.500. The molecule has 1 aromatic rings. The molecule has 1 rings (SSSR count). The number of benzene rings is 1. The molecule has 1 N–H and O–H groups in total. The minimum absolute atomic E-state index is 0.422. The molecule has 0 saturated heterocycles. The summed E-state index contributed by atoms with van der Waals surface area (Å²) in [5, 5.41) is 3.21. The van der Waals surface area contributed by atoms with Gasteiger partial charge in [0, 0.05) is 6.04 Å². The molecule has 0 bridgehead atoms. The number of hydrogen-bond donors (Lipinski definition) is 1. The predicted octanol–water partition coefficient (Wildman–Crippen LogP) is 1.85. The van der Waals surface area contributed by atoms with Gasteiger partial charge in [-0.3, -0.25) is 0 Å². The summed E-state index contributed by atoms with van der Waals surface area (Å²) >= 11 is 0. The van der Waals surface area contributed by atoms with Crippen LogP contribution in [0.4, 0.5) is 0 Å². The number of ether oxygens (including phenoxy) is 2. The summed E-state index contributed by atoms with van der Waals surface area (Å²) in [5.74, 6) is 1.63. The molecule has 0 aliphatic carbocycles. The van der Waals surface area contributed by atoms with Crippen molar-refractivity contribution in [1.29, 1.82) is 0 Å². The first-order valence-corrected chi connectivity index (χ1v) is 5.10. The van der Waals surface area contributed by atoms with E-state index >= 15 is 0 Å². The molecule has 3 nitrogen and oxygen atoms in total. The van der Waals surface area contributed by atoms with Crippen LogP contribution in [-0.4, -0.2) is 27.3 Å². The Morgan fingerprint density at radius 2 is 2.00 bits per heavy atom. The van der Waals surface area contributed by atoms with Gasteiger partial charge in [0.25, 0.3) is 0 Å². The van der Waals surface area contributed by atoms with Crippen LogP contribution >= 0.6 is 0 Å². The molecular weight excluding hydrogens is 190 g/mol. The Morgan fingerprint density at radius 1 is 1.27 bits per heavy atom. The normalized spacial score (nSPS) is 12.3. The molecule has 0 heterocycles. The maximum atomic E-state index is 5.36. The first-order valence-electron chi connectivity index (χ1n) is 5.10. The van der Waals surface area contributed by atoms with Crippen LogP contribution in [0.3, 0.4) is 0 Å². The van der Waals surface area contributed by atoms with Gasteiger partial charge in [0.1, 0.15) is 0 Å². The number of hydrogen-bond acceptors (Lipinski definition) is 3. The number of likely N-dealkylation sites (N-methyl/N-ethyl adjacent to an activating group) is 1. The second kappa shape index (κ2) is 5.61. The SMILES string of the molecule is CNC(C)Cc1cccc(OC)c1OC. The molecule has 1 aromatic carbocycles. The van der Waals surface area contributed by atoms with Crippen LogP contribution in [0.15, 0.2) is 18.2 Å². The number of rotatable bonds is 5. The van der Waals surface area contributed by atoms with Crippen LogP contribution in [0, 0.1) is 0 Å². The lowest BCUT2D eigenvalue weighted by Crippen LogP contribution is -2.23. The van der Waals surface area contributed by atoms with Gasteiger partial charge in [0.2, 0.25) is 0 Å². The largest absolute Gasteiger partial charge is 0.493 e. The van der Waals surface area contributed by atoms with Gasteiger partial charge in [-0.1, -0.05) is 12.1 Å². The predicted molar refractivity (Wildman–Crippen MR) is 61.8 cm³/mol. The summed E-state index contributed by atoms with van der Waals surface area (Å²) in [5.41, 5.74) is 1.17. The van der Waals surface area contributed by atoms with Gasteiger partial charge in [-0.05, 0) is 32.0 Å². The Bertz CT molecular complexity index is 312. The third-order valence-corrected chi connectivity index (χ3v) is 2.50. The van der Waals surface area contributed by atoms with Crippen molar-refractivity contribution < 1.29 is 9.47 Å². The lowest BCUT2D eigenvalue weighted by molar-refractivity contribution is 0.350. The van der Waals surface area contributed by atoms with E-state index in [0.717, 1.165) is 17.9 Å². The third-order valence-electron chi connectivity index (χ3n) is 2.50. The molecule has 15 heavy (non-hydrogen) atoms. The molecule has 0 radical (unpaired) electrons. The van der Waals surface area contributed by atoms with Crippen LogP contribution in [0.25, 0.3) is 0 Å². The average Bonchev–Trinajstić information content (AvgIpc) is 2.28. The second-order valence-corrected chi connectivity index (χ2v) is 3.55. The summed E-state index contributed by atoms with van der Waals surface area (Å²) in [6.45, 7) is 2.14. The Balaban J connectivity index is 2.95. The van der Waals surface area contributed by atoms with E-state index < -0.39 is 0 Å². The molecule has 0 aromatic heterocycles. The zero-order chi connectivity index (χ0) is 11.3. The van der Waals surface area contributed by atoms with Crippen LogP contribution in [0.1, 0.15) is 12.5 Å². The van der Waals surface area contributed by atoms with Crippen LogP contribution in [0.5, 0.6) is 11.5 Å². The molecular formula is C12H19NO2. The summed E-state index contributed by atoms with van der Waals surface area (Å²) < 4.78 is 10.6. The van der Waals surface area contributed by atoms with Gasteiger partial charge in [0.05, 0.1) is 14.2 Å². The van der Waals surface area contributed by atoms with Crippen molar-refractivity contribution in [1.82, 2.24) is 5.32 Å². The van der Waals surface area contributed by atoms with E-state index in [1.807, 2.05) is 19.2 Å². The second-order valence-electron chi connectivity index (χ2n) is 3.55. The number of para-hydroxylation sites is 1. The molecule has 1 unspecified atom stereocenters. The van der Waals surface area contributed by atoms with Crippen molar-refractivity contribution in [3.05, 3.63) is 23.8 Å². The first-order chi connectivity index (χ1) is 7.22. The van der Waals surface area contributed by atoms with E-state index in [-0.39, 0.29) is 0 Å². The van der Waals surface area contributed by atoms with E-state index in [1.54, 1.807) is 14.2 Å². The van der Waals surface area contributed by atoms with Crippen molar-refractivity contribution in [2.24, 2.45) is 0 Å². The number of nitrogens with one attached hydrogen (secondary N) is 1. The van der Waals surface area contributed by atoms with E-state index in [4.69, 9.17) is 9.47 Å². The Labute approximate surface area is 91.4 Å². The molecule has 0 saturated carbocycles. The Kier molecular flexibility index (Phi) is 4.43. The highest BCUT2D eigenvalue weighted by molar-refractivity contribution is 5.46. The smallest absolute Gasteiger partial charge is 0.163 e. The van der Waals surface area contributed by atoms with Gasteiger partial charge in [-0.25, -0.2) is 0 Å². The van der Waals surface area contributed by atoms with Crippen molar-refractivity contribution in [2.45, 2.75) is 19.4 Å². The van der Waals surface area contributed by atoms with Gasteiger partial charge in [0.15, 0.2) is 11.5 Å². The van der Waals surface area contributed by atoms with E-state index in [2.05, 4.69) is 18.3 Å². The van der Waals surface area contributed by atoms with Crippen LogP contribution in [0.2, 0.25) is 0 Å². The molecule has 3 heteroatoms. The fourth-order valence-electron chi connectivity index (χ4n) is 1.55. The lowest BCUT2D eigenvalue weighted by atomic mass is 10.1. The zero-order valence-electron chi connectivity index (χ0n) is 9.83. The maximum Gasteiger partial charge on any atom is 0.163 e. The fourth-order valence-corrected chi connectivity index (χ4v) is 1.55. The van der Waals surface area contributed by atoms with Crippen LogP contribution in [-0.2, 0) is 6.42 Å². The highest BCUT2D eigenvalue weighted by atomic mass is 16.5. The molecule has 0 aliphatic rings. The topological polar surface area (TPSA) is 30.5 Å². The standard InChI is InChI=1S/C12H19NO2/c1-9(13-2)8-10-6-5-7-11(14-3)12(10)15-4/h5-7,9,13H,8H2,1-4H3. The highest BCUT2D eigenvalue weighted by Crippen LogP contribution is 2.31. The molecule has 1 atom stereocenters. The van der Waals surface area contributed by atoms with E-state index in [1.165, 1.54) is 5.56 Å². The van der Waals surface area contributed by atoms with Crippen molar-refractivity contribution in [2.75, 3.05) is 21.3 Å². The van der Waals surface area contributed by atoms with Gasteiger partial charge in [-0.2, -0.15) is 0 Å². The van der Waals surface area contributed by atoms with E-state index in [0.29, 0.717) is 6.04 Å². The Morgan fingerprint density at radius 3 is 2.53 bits per heavy atom. The monoisotopic (exact) mass is 209 g/mol. The van der Waals surface area contributed by atoms with Crippen LogP contribution < -0.4 is 14.8 Å². The van der Waals surface area contributed by atoms with Crippen molar-refractivity contribution >= 4 is 0 Å². The summed E-state index contributed by atoms with van der Waals surface area (Å²) in [6.07, 6.45) is 0.927. The molecule has 84 valence electrons. The lowest BCUT2D eigenvalue weighted by Gasteiger charge is -2.15. The first kappa shape index (κ1) is 11.9. The Hall–Kier alpha value is -1.22. The van der Waals surface area contributed by atoms with Gasteiger partial charge in [-0.15, -0.1) is 0 Å². The summed E-state index contributed by atoms with van der Waals surface area (Å²) in [4.78, 5) is 0. The minimum atomic E-state index is 0.422. The zero-order valence-corrected chi connectivity index (χ0v) is 9.83. The summed E-state index contributed by atoms with van der Waals surface area (Å²) in [6, 6.07) is 6.38. The molecule has 0 aliphatic heterocycles.